The summed E-state index contributed by atoms with van der Waals surface area (Å²) >= 11 is 0. The molecule has 0 bridgehead atoms. The summed E-state index contributed by atoms with van der Waals surface area (Å²) in [5.41, 5.74) is 8.60. The van der Waals surface area contributed by atoms with Crippen molar-refractivity contribution < 1.29 is 4.74 Å². The number of aromatic nitrogens is 2. The number of nitrogens with zero attached hydrogens (tertiary/aromatic N) is 2. The van der Waals surface area contributed by atoms with Crippen molar-refractivity contribution in [3.63, 3.8) is 0 Å². The average molecular weight is 195 g/mol. The predicted octanol–water partition coefficient (Wildman–Crippen LogP) is 1.34. The number of hydrogen-bond donors (Lipinski definition) is 1. The van der Waals surface area contributed by atoms with Crippen molar-refractivity contribution in [3.8, 4) is 5.88 Å². The highest BCUT2D eigenvalue weighted by molar-refractivity contribution is 5.34. The van der Waals surface area contributed by atoms with Gasteiger partial charge in [0.15, 0.2) is 0 Å². The number of aryl methyl sites for hydroxylation is 1. The minimum atomic E-state index is 0.446. The first-order chi connectivity index (χ1) is 6.70. The van der Waals surface area contributed by atoms with E-state index >= 15 is 0 Å². The quantitative estimate of drug-likeness (QED) is 0.787. The van der Waals surface area contributed by atoms with Crippen LogP contribution in [-0.4, -0.2) is 16.8 Å². The normalized spacial score (nSPS) is 10.3. The zero-order valence-electron chi connectivity index (χ0n) is 9.00. The van der Waals surface area contributed by atoms with E-state index in [2.05, 4.69) is 17.1 Å². The van der Waals surface area contributed by atoms with Crippen molar-refractivity contribution >= 4 is 0 Å². The van der Waals surface area contributed by atoms with Gasteiger partial charge in [0.1, 0.15) is 0 Å². The number of hydrogen-bond acceptors (Lipinski definition) is 4. The van der Waals surface area contributed by atoms with Crippen LogP contribution in [0.25, 0.3) is 0 Å². The number of ether oxygens (including phenoxy) is 1. The van der Waals surface area contributed by atoms with Crippen LogP contribution >= 0.6 is 0 Å². The smallest absolute Gasteiger partial charge is 0.238 e. The second-order valence-electron chi connectivity index (χ2n) is 3.25. The molecule has 0 saturated heterocycles. The van der Waals surface area contributed by atoms with Crippen LogP contribution in [0.4, 0.5) is 0 Å². The predicted molar refractivity (Wildman–Crippen MR) is 55.2 cm³/mol. The minimum Gasteiger partial charge on any atom is -0.476 e. The maximum atomic E-state index is 5.64. The van der Waals surface area contributed by atoms with Gasteiger partial charge in [-0.25, -0.2) is 0 Å². The van der Waals surface area contributed by atoms with E-state index in [4.69, 9.17) is 10.5 Å². The molecule has 1 rings (SSSR count). The molecular formula is C10H17N3O. The van der Waals surface area contributed by atoms with Gasteiger partial charge >= 0.3 is 0 Å². The molecule has 4 nitrogen and oxygen atoms in total. The third-order valence-corrected chi connectivity index (χ3v) is 2.19. The van der Waals surface area contributed by atoms with Gasteiger partial charge in [0.2, 0.25) is 5.88 Å². The summed E-state index contributed by atoms with van der Waals surface area (Å²) in [6.45, 7) is 7.07. The van der Waals surface area contributed by atoms with Crippen LogP contribution in [0, 0.1) is 13.8 Å². The zero-order valence-corrected chi connectivity index (χ0v) is 9.00. The largest absolute Gasteiger partial charge is 0.476 e. The molecule has 0 atom stereocenters. The van der Waals surface area contributed by atoms with E-state index in [9.17, 15) is 0 Å². The van der Waals surface area contributed by atoms with Gasteiger partial charge in [0.25, 0.3) is 0 Å². The molecular weight excluding hydrogens is 178 g/mol. The Labute approximate surface area is 84.5 Å². The molecule has 0 radical (unpaired) electrons. The van der Waals surface area contributed by atoms with E-state index in [1.807, 2.05) is 13.8 Å². The van der Waals surface area contributed by atoms with Crippen LogP contribution in [0.5, 0.6) is 5.88 Å². The SMILES string of the molecule is CCCOc1nnc(C)c(C)c1CN. The minimum absolute atomic E-state index is 0.446. The van der Waals surface area contributed by atoms with Gasteiger partial charge in [-0.05, 0) is 25.8 Å². The van der Waals surface area contributed by atoms with Gasteiger partial charge in [-0.3, -0.25) is 0 Å². The monoisotopic (exact) mass is 195 g/mol. The maximum absolute atomic E-state index is 5.64. The Morgan fingerprint density at radius 1 is 1.29 bits per heavy atom. The molecule has 1 heterocycles. The van der Waals surface area contributed by atoms with Crippen LogP contribution in [0.2, 0.25) is 0 Å². The fraction of sp³-hybridized carbons (Fsp3) is 0.600. The highest BCUT2D eigenvalue weighted by Gasteiger charge is 2.10. The molecule has 0 spiro atoms. The van der Waals surface area contributed by atoms with Crippen LogP contribution in [0.15, 0.2) is 0 Å². The van der Waals surface area contributed by atoms with Gasteiger partial charge in [-0.15, -0.1) is 5.10 Å². The Balaban J connectivity index is 2.98. The lowest BCUT2D eigenvalue weighted by Gasteiger charge is -2.11. The average Bonchev–Trinajstić information content (AvgIpc) is 2.20. The van der Waals surface area contributed by atoms with Crippen LogP contribution in [0.1, 0.15) is 30.2 Å². The summed E-state index contributed by atoms with van der Waals surface area (Å²) in [6.07, 6.45) is 0.957. The molecule has 0 aliphatic carbocycles. The highest BCUT2D eigenvalue weighted by atomic mass is 16.5. The summed E-state index contributed by atoms with van der Waals surface area (Å²) < 4.78 is 5.46. The van der Waals surface area contributed by atoms with Crippen molar-refractivity contribution in [3.05, 3.63) is 16.8 Å². The highest BCUT2D eigenvalue weighted by Crippen LogP contribution is 2.19. The van der Waals surface area contributed by atoms with Gasteiger partial charge < -0.3 is 10.5 Å². The molecule has 78 valence electrons. The first kappa shape index (κ1) is 10.9. The van der Waals surface area contributed by atoms with E-state index < -0.39 is 0 Å². The summed E-state index contributed by atoms with van der Waals surface area (Å²) in [5.74, 6) is 0.581. The summed E-state index contributed by atoms with van der Waals surface area (Å²) in [5, 5.41) is 8.00. The first-order valence-electron chi connectivity index (χ1n) is 4.86. The molecule has 2 N–H and O–H groups in total. The molecule has 4 heteroatoms. The maximum Gasteiger partial charge on any atom is 0.238 e. The molecule has 0 aliphatic rings. The lowest BCUT2D eigenvalue weighted by Crippen LogP contribution is -2.09. The number of nitrogens with two attached hydrogens (primary N) is 1. The third kappa shape index (κ3) is 2.20. The third-order valence-electron chi connectivity index (χ3n) is 2.19. The van der Waals surface area contributed by atoms with Crippen molar-refractivity contribution in [2.24, 2.45) is 5.73 Å². The van der Waals surface area contributed by atoms with E-state index in [-0.39, 0.29) is 0 Å². The molecule has 0 unspecified atom stereocenters. The Morgan fingerprint density at radius 3 is 2.57 bits per heavy atom. The molecule has 0 saturated carbocycles. The van der Waals surface area contributed by atoms with Crippen molar-refractivity contribution in [2.45, 2.75) is 33.7 Å². The molecule has 0 aliphatic heterocycles. The first-order valence-corrected chi connectivity index (χ1v) is 4.86. The molecule has 1 aromatic rings. The van der Waals surface area contributed by atoms with Crippen molar-refractivity contribution in [1.29, 1.82) is 0 Å². The van der Waals surface area contributed by atoms with Gasteiger partial charge in [-0.2, -0.15) is 5.10 Å². The van der Waals surface area contributed by atoms with E-state index in [1.54, 1.807) is 0 Å². The van der Waals surface area contributed by atoms with E-state index in [0.29, 0.717) is 19.0 Å². The Morgan fingerprint density at radius 2 is 2.00 bits per heavy atom. The van der Waals surface area contributed by atoms with Crippen LogP contribution in [-0.2, 0) is 6.54 Å². The Kier molecular flexibility index (Phi) is 3.83. The molecule has 0 fully saturated rings. The van der Waals surface area contributed by atoms with E-state index in [1.165, 1.54) is 0 Å². The van der Waals surface area contributed by atoms with Gasteiger partial charge in [0, 0.05) is 12.1 Å². The lowest BCUT2D eigenvalue weighted by atomic mass is 10.1. The van der Waals surface area contributed by atoms with Gasteiger partial charge in [-0.1, -0.05) is 6.92 Å². The number of rotatable bonds is 4. The molecule has 1 aromatic heterocycles. The fourth-order valence-electron chi connectivity index (χ4n) is 1.19. The summed E-state index contributed by atoms with van der Waals surface area (Å²) in [4.78, 5) is 0. The van der Waals surface area contributed by atoms with Crippen molar-refractivity contribution in [1.82, 2.24) is 10.2 Å². The summed E-state index contributed by atoms with van der Waals surface area (Å²) in [7, 11) is 0. The standard InChI is InChI=1S/C10H17N3O/c1-4-5-14-10-9(6-11)7(2)8(3)12-13-10/h4-6,11H2,1-3H3. The topological polar surface area (TPSA) is 61.0 Å². The fourth-order valence-corrected chi connectivity index (χ4v) is 1.19. The Hall–Kier alpha value is -1.16. The Bertz CT molecular complexity index is 312. The lowest BCUT2D eigenvalue weighted by molar-refractivity contribution is 0.297. The van der Waals surface area contributed by atoms with Crippen molar-refractivity contribution in [2.75, 3.05) is 6.61 Å². The van der Waals surface area contributed by atoms with E-state index in [0.717, 1.165) is 23.2 Å². The second-order valence-corrected chi connectivity index (χ2v) is 3.25. The van der Waals surface area contributed by atoms with Gasteiger partial charge in [0.05, 0.1) is 12.3 Å². The van der Waals surface area contributed by atoms with Crippen LogP contribution in [0.3, 0.4) is 0 Å². The molecule has 0 aromatic carbocycles. The second kappa shape index (κ2) is 4.91. The molecule has 14 heavy (non-hydrogen) atoms. The molecule has 0 amide bonds. The zero-order chi connectivity index (χ0) is 10.6. The van der Waals surface area contributed by atoms with Crippen LogP contribution < -0.4 is 10.5 Å². The summed E-state index contributed by atoms with van der Waals surface area (Å²) in [6, 6.07) is 0.